The van der Waals surface area contributed by atoms with Gasteiger partial charge in [-0.25, -0.2) is 0 Å². The Labute approximate surface area is 131 Å². The lowest BCUT2D eigenvalue weighted by molar-refractivity contribution is -0.141. The van der Waals surface area contributed by atoms with Crippen molar-refractivity contribution in [3.63, 3.8) is 0 Å². The summed E-state index contributed by atoms with van der Waals surface area (Å²) in [4.78, 5) is 14.7. The highest BCUT2D eigenvalue weighted by atomic mass is 16.5. The highest BCUT2D eigenvalue weighted by molar-refractivity contribution is 5.82. The van der Waals surface area contributed by atoms with Crippen molar-refractivity contribution in [2.45, 2.75) is 37.8 Å². The fraction of sp³-hybridized carbons (Fsp3) is 0.588. The second-order valence-corrected chi connectivity index (χ2v) is 5.80. The van der Waals surface area contributed by atoms with Crippen molar-refractivity contribution in [2.24, 2.45) is 0 Å². The predicted octanol–water partition coefficient (Wildman–Crippen LogP) is 2.55. The summed E-state index contributed by atoms with van der Waals surface area (Å²) in [5, 5.41) is 0. The van der Waals surface area contributed by atoms with Crippen LogP contribution in [0, 0.1) is 0 Å². The standard InChI is InChI=1S/C17H23NO4/c1-20-12-7-8-15(21-2)13(11-12)14-5-3-9-18(14)17(19)16-6-4-10-22-16/h7-8,11,14,16H,3-6,9-10H2,1-2H3/t14-,16+/m1/s1. The molecule has 0 unspecified atom stereocenters. The van der Waals surface area contributed by atoms with E-state index in [1.807, 2.05) is 23.1 Å². The number of ether oxygens (including phenoxy) is 3. The number of benzene rings is 1. The van der Waals surface area contributed by atoms with Gasteiger partial charge in [0.25, 0.3) is 5.91 Å². The molecule has 120 valence electrons. The number of carbonyl (C=O) groups excluding carboxylic acids is 1. The Hall–Kier alpha value is -1.75. The van der Waals surface area contributed by atoms with Gasteiger partial charge in [0, 0.05) is 18.7 Å². The number of amides is 1. The van der Waals surface area contributed by atoms with Crippen molar-refractivity contribution in [1.82, 2.24) is 4.90 Å². The van der Waals surface area contributed by atoms with Crippen molar-refractivity contribution >= 4 is 5.91 Å². The molecule has 5 nitrogen and oxygen atoms in total. The highest BCUT2D eigenvalue weighted by Crippen LogP contribution is 2.39. The molecule has 2 aliphatic rings. The van der Waals surface area contributed by atoms with E-state index in [1.54, 1.807) is 14.2 Å². The van der Waals surface area contributed by atoms with E-state index in [4.69, 9.17) is 14.2 Å². The molecule has 5 heteroatoms. The molecule has 3 rings (SSSR count). The third-order valence-corrected chi connectivity index (χ3v) is 4.54. The largest absolute Gasteiger partial charge is 0.497 e. The lowest BCUT2D eigenvalue weighted by Crippen LogP contribution is -2.38. The number of methoxy groups -OCH3 is 2. The summed E-state index contributed by atoms with van der Waals surface area (Å²) in [6.07, 6.45) is 3.48. The van der Waals surface area contributed by atoms with Gasteiger partial charge in [-0.05, 0) is 43.9 Å². The Morgan fingerprint density at radius 3 is 2.77 bits per heavy atom. The van der Waals surface area contributed by atoms with Crippen molar-refractivity contribution in [3.8, 4) is 11.5 Å². The third kappa shape index (κ3) is 2.77. The summed E-state index contributed by atoms with van der Waals surface area (Å²) >= 11 is 0. The minimum atomic E-state index is -0.266. The van der Waals surface area contributed by atoms with Gasteiger partial charge in [-0.15, -0.1) is 0 Å². The quantitative estimate of drug-likeness (QED) is 0.858. The zero-order valence-electron chi connectivity index (χ0n) is 13.2. The molecular formula is C17H23NO4. The second kappa shape index (κ2) is 6.57. The van der Waals surface area contributed by atoms with Crippen LogP contribution in [0.25, 0.3) is 0 Å². The second-order valence-electron chi connectivity index (χ2n) is 5.80. The molecule has 1 aromatic rings. The molecule has 0 radical (unpaired) electrons. The normalized spacial score (nSPS) is 24.5. The molecule has 2 fully saturated rings. The van der Waals surface area contributed by atoms with Gasteiger partial charge < -0.3 is 19.1 Å². The molecule has 1 amide bonds. The predicted molar refractivity (Wildman–Crippen MR) is 82.2 cm³/mol. The Bertz CT molecular complexity index is 539. The van der Waals surface area contributed by atoms with E-state index in [0.717, 1.165) is 49.3 Å². The van der Waals surface area contributed by atoms with Crippen LogP contribution in [0.2, 0.25) is 0 Å². The molecule has 2 aliphatic heterocycles. The average molecular weight is 305 g/mol. The smallest absolute Gasteiger partial charge is 0.252 e. The molecule has 2 heterocycles. The van der Waals surface area contributed by atoms with Crippen molar-refractivity contribution < 1.29 is 19.0 Å². The summed E-state index contributed by atoms with van der Waals surface area (Å²) in [6.45, 7) is 1.47. The van der Waals surface area contributed by atoms with E-state index in [-0.39, 0.29) is 18.1 Å². The minimum Gasteiger partial charge on any atom is -0.497 e. The first-order chi connectivity index (χ1) is 10.7. The topological polar surface area (TPSA) is 48.0 Å². The van der Waals surface area contributed by atoms with E-state index in [0.29, 0.717) is 6.61 Å². The molecule has 2 atom stereocenters. The van der Waals surface area contributed by atoms with Crippen LogP contribution >= 0.6 is 0 Å². The molecule has 0 N–H and O–H groups in total. The Morgan fingerprint density at radius 2 is 2.09 bits per heavy atom. The summed E-state index contributed by atoms with van der Waals surface area (Å²) < 4.78 is 16.4. The first kappa shape index (κ1) is 15.2. The van der Waals surface area contributed by atoms with Crippen molar-refractivity contribution in [3.05, 3.63) is 23.8 Å². The van der Waals surface area contributed by atoms with Gasteiger partial charge in [0.2, 0.25) is 0 Å². The summed E-state index contributed by atoms with van der Waals surface area (Å²) in [5.41, 5.74) is 1.02. The Morgan fingerprint density at radius 1 is 1.23 bits per heavy atom. The summed E-state index contributed by atoms with van der Waals surface area (Å²) in [6, 6.07) is 5.80. The van der Waals surface area contributed by atoms with E-state index < -0.39 is 0 Å². The van der Waals surface area contributed by atoms with E-state index in [1.165, 1.54) is 0 Å². The van der Waals surface area contributed by atoms with E-state index >= 15 is 0 Å². The molecule has 0 aliphatic carbocycles. The van der Waals surface area contributed by atoms with Crippen molar-refractivity contribution in [1.29, 1.82) is 0 Å². The summed E-state index contributed by atoms with van der Waals surface area (Å²) in [5.74, 6) is 1.70. The van der Waals surface area contributed by atoms with Gasteiger partial charge in [-0.2, -0.15) is 0 Å². The van der Waals surface area contributed by atoms with Gasteiger partial charge in [-0.1, -0.05) is 0 Å². The van der Waals surface area contributed by atoms with Gasteiger partial charge >= 0.3 is 0 Å². The van der Waals surface area contributed by atoms with Crippen molar-refractivity contribution in [2.75, 3.05) is 27.4 Å². The maximum absolute atomic E-state index is 12.7. The van der Waals surface area contributed by atoms with Gasteiger partial charge in [0.1, 0.15) is 17.6 Å². The molecule has 0 bridgehead atoms. The number of hydrogen-bond acceptors (Lipinski definition) is 4. The third-order valence-electron chi connectivity index (χ3n) is 4.54. The van der Waals surface area contributed by atoms with Crippen LogP contribution in [-0.4, -0.2) is 44.3 Å². The fourth-order valence-corrected chi connectivity index (χ4v) is 3.41. The molecule has 0 saturated carbocycles. The number of carbonyl (C=O) groups is 1. The first-order valence-corrected chi connectivity index (χ1v) is 7.88. The monoisotopic (exact) mass is 305 g/mol. The molecule has 22 heavy (non-hydrogen) atoms. The fourth-order valence-electron chi connectivity index (χ4n) is 3.41. The maximum atomic E-state index is 12.7. The molecule has 1 aromatic carbocycles. The van der Waals surface area contributed by atoms with Crippen LogP contribution in [0.1, 0.15) is 37.3 Å². The van der Waals surface area contributed by atoms with Gasteiger partial charge in [-0.3, -0.25) is 4.79 Å². The lowest BCUT2D eigenvalue weighted by Gasteiger charge is -2.28. The zero-order chi connectivity index (χ0) is 15.5. The zero-order valence-corrected chi connectivity index (χ0v) is 13.2. The SMILES string of the molecule is COc1ccc(OC)c([C@H]2CCCN2C(=O)[C@@H]2CCCO2)c1. The van der Waals surface area contributed by atoms with Gasteiger partial charge in [0.15, 0.2) is 0 Å². The minimum absolute atomic E-state index is 0.0433. The van der Waals surface area contributed by atoms with Gasteiger partial charge in [0.05, 0.1) is 20.3 Å². The van der Waals surface area contributed by atoms with E-state index in [2.05, 4.69) is 0 Å². The van der Waals surface area contributed by atoms with Crippen LogP contribution in [-0.2, 0) is 9.53 Å². The van der Waals surface area contributed by atoms with E-state index in [9.17, 15) is 4.79 Å². The summed E-state index contributed by atoms with van der Waals surface area (Å²) in [7, 11) is 3.31. The average Bonchev–Trinajstić information content (AvgIpc) is 3.24. The van der Waals surface area contributed by atoms with Crippen LogP contribution in [0.5, 0.6) is 11.5 Å². The molecular weight excluding hydrogens is 282 g/mol. The number of hydrogen-bond donors (Lipinski definition) is 0. The highest BCUT2D eigenvalue weighted by Gasteiger charge is 2.37. The van der Waals surface area contributed by atoms with Crippen LogP contribution in [0.15, 0.2) is 18.2 Å². The number of likely N-dealkylation sites (tertiary alicyclic amines) is 1. The molecule has 0 spiro atoms. The first-order valence-electron chi connectivity index (χ1n) is 7.88. The molecule has 2 saturated heterocycles. The molecule has 0 aromatic heterocycles. The van der Waals surface area contributed by atoms with Crippen LogP contribution < -0.4 is 9.47 Å². The van der Waals surface area contributed by atoms with Crippen LogP contribution in [0.4, 0.5) is 0 Å². The lowest BCUT2D eigenvalue weighted by atomic mass is 10.0. The Balaban J connectivity index is 1.87. The number of nitrogens with zero attached hydrogens (tertiary/aromatic N) is 1. The van der Waals surface area contributed by atoms with Crippen LogP contribution in [0.3, 0.4) is 0 Å². The number of rotatable bonds is 4. The Kier molecular flexibility index (Phi) is 4.52. The maximum Gasteiger partial charge on any atom is 0.252 e.